The molecule has 1 aliphatic heterocycles. The van der Waals surface area contributed by atoms with Crippen LogP contribution in [0.25, 0.3) is 11.3 Å². The number of H-pyrrole nitrogens is 1. The number of aromatic nitrogens is 4. The third kappa shape index (κ3) is 2.89. The first-order chi connectivity index (χ1) is 12.4. The van der Waals surface area contributed by atoms with Crippen molar-refractivity contribution in [3.8, 4) is 11.3 Å². The van der Waals surface area contributed by atoms with Gasteiger partial charge in [-0.15, -0.1) is 0 Å². The molecule has 0 radical (unpaired) electrons. The van der Waals surface area contributed by atoms with E-state index in [1.807, 2.05) is 19.9 Å². The van der Waals surface area contributed by atoms with Crippen LogP contribution in [0, 0.1) is 26.6 Å². The number of fused-ring (bicyclic) bond motifs is 1. The highest BCUT2D eigenvalue weighted by Gasteiger charge is 2.26. The SMILES string of the molecule is Cc1nc2c([nH]1)CN(C(=O)Cn1nc(-c3ccc(F)c(C)c3)cc1C)C2. The van der Waals surface area contributed by atoms with Gasteiger partial charge in [0, 0.05) is 11.3 Å². The number of carbonyl (C=O) groups excluding carboxylic acids is 1. The molecule has 0 unspecified atom stereocenters. The fourth-order valence-electron chi connectivity index (χ4n) is 3.30. The number of rotatable bonds is 3. The summed E-state index contributed by atoms with van der Waals surface area (Å²) in [6, 6.07) is 6.83. The Kier molecular flexibility index (Phi) is 3.86. The van der Waals surface area contributed by atoms with E-state index in [0.717, 1.165) is 34.2 Å². The van der Waals surface area contributed by atoms with Gasteiger partial charge in [0.25, 0.3) is 0 Å². The topological polar surface area (TPSA) is 66.8 Å². The Labute approximate surface area is 150 Å². The Morgan fingerprint density at radius 3 is 2.77 bits per heavy atom. The highest BCUT2D eigenvalue weighted by molar-refractivity contribution is 5.76. The first kappa shape index (κ1) is 16.5. The maximum Gasteiger partial charge on any atom is 0.245 e. The van der Waals surface area contributed by atoms with Crippen molar-refractivity contribution in [3.63, 3.8) is 0 Å². The van der Waals surface area contributed by atoms with E-state index in [1.165, 1.54) is 6.07 Å². The predicted molar refractivity (Wildman–Crippen MR) is 94.7 cm³/mol. The van der Waals surface area contributed by atoms with Gasteiger partial charge in [-0.1, -0.05) is 0 Å². The summed E-state index contributed by atoms with van der Waals surface area (Å²) in [4.78, 5) is 22.0. The molecule has 0 saturated carbocycles. The third-order valence-corrected chi connectivity index (χ3v) is 4.75. The van der Waals surface area contributed by atoms with Gasteiger partial charge < -0.3 is 9.88 Å². The maximum absolute atomic E-state index is 13.5. The predicted octanol–water partition coefficient (Wildman–Crippen LogP) is 2.88. The fourth-order valence-corrected chi connectivity index (χ4v) is 3.30. The van der Waals surface area contributed by atoms with Gasteiger partial charge in [0.2, 0.25) is 5.91 Å². The van der Waals surface area contributed by atoms with Gasteiger partial charge in [0.15, 0.2) is 0 Å². The molecule has 3 aromatic rings. The van der Waals surface area contributed by atoms with E-state index in [0.29, 0.717) is 18.7 Å². The first-order valence-corrected chi connectivity index (χ1v) is 8.54. The van der Waals surface area contributed by atoms with Crippen molar-refractivity contribution in [2.75, 3.05) is 0 Å². The number of hydrogen-bond acceptors (Lipinski definition) is 3. The molecule has 134 valence electrons. The fraction of sp³-hybridized carbons (Fsp3) is 0.316. The molecule has 0 spiro atoms. The first-order valence-electron chi connectivity index (χ1n) is 8.54. The van der Waals surface area contributed by atoms with Gasteiger partial charge in [0.1, 0.15) is 18.2 Å². The summed E-state index contributed by atoms with van der Waals surface area (Å²) >= 11 is 0. The van der Waals surface area contributed by atoms with Gasteiger partial charge >= 0.3 is 0 Å². The zero-order valence-electron chi connectivity index (χ0n) is 15.0. The monoisotopic (exact) mass is 353 g/mol. The molecule has 1 N–H and O–H groups in total. The number of nitrogens with zero attached hydrogens (tertiary/aromatic N) is 4. The summed E-state index contributed by atoms with van der Waals surface area (Å²) < 4.78 is 15.2. The van der Waals surface area contributed by atoms with Gasteiger partial charge in [-0.25, -0.2) is 9.37 Å². The Bertz CT molecular complexity index is 980. The number of aromatic amines is 1. The Balaban J connectivity index is 1.50. The van der Waals surface area contributed by atoms with Crippen LogP contribution in [0.3, 0.4) is 0 Å². The minimum atomic E-state index is -0.235. The average molecular weight is 353 g/mol. The highest BCUT2D eigenvalue weighted by Crippen LogP contribution is 2.23. The van der Waals surface area contributed by atoms with Crippen LogP contribution in [-0.4, -0.2) is 30.6 Å². The summed E-state index contributed by atoms with van der Waals surface area (Å²) in [6.07, 6.45) is 0. The van der Waals surface area contributed by atoms with Crippen LogP contribution in [0.2, 0.25) is 0 Å². The number of nitrogens with one attached hydrogen (secondary N) is 1. The lowest BCUT2D eigenvalue weighted by Gasteiger charge is -2.16. The zero-order chi connectivity index (χ0) is 18.4. The smallest absolute Gasteiger partial charge is 0.245 e. The summed E-state index contributed by atoms with van der Waals surface area (Å²) in [7, 11) is 0. The summed E-state index contributed by atoms with van der Waals surface area (Å²) in [5.74, 6) is 0.646. The summed E-state index contributed by atoms with van der Waals surface area (Å²) in [5, 5.41) is 4.54. The minimum absolute atomic E-state index is 0.00193. The largest absolute Gasteiger partial charge is 0.344 e. The van der Waals surface area contributed by atoms with Crippen molar-refractivity contribution in [3.05, 3.63) is 58.6 Å². The van der Waals surface area contributed by atoms with Crippen molar-refractivity contribution >= 4 is 5.91 Å². The average Bonchev–Trinajstić information content (AvgIpc) is 3.23. The quantitative estimate of drug-likeness (QED) is 0.787. The number of amides is 1. The number of halogens is 1. The molecule has 1 amide bonds. The van der Waals surface area contributed by atoms with Gasteiger partial charge in [-0.2, -0.15) is 5.10 Å². The van der Waals surface area contributed by atoms with Gasteiger partial charge in [-0.05, 0) is 50.6 Å². The Hall–Kier alpha value is -2.96. The van der Waals surface area contributed by atoms with E-state index >= 15 is 0 Å². The molecule has 1 aromatic carbocycles. The molecular formula is C19H20FN5O. The van der Waals surface area contributed by atoms with Crippen LogP contribution in [0.15, 0.2) is 24.3 Å². The third-order valence-electron chi connectivity index (χ3n) is 4.75. The van der Waals surface area contributed by atoms with Crippen molar-refractivity contribution in [1.29, 1.82) is 0 Å². The lowest BCUT2D eigenvalue weighted by molar-refractivity contribution is -0.132. The second-order valence-electron chi connectivity index (χ2n) is 6.79. The minimum Gasteiger partial charge on any atom is -0.344 e. The zero-order valence-corrected chi connectivity index (χ0v) is 15.0. The van der Waals surface area contributed by atoms with E-state index in [-0.39, 0.29) is 18.3 Å². The van der Waals surface area contributed by atoms with Crippen LogP contribution in [0.1, 0.15) is 28.5 Å². The number of benzene rings is 1. The van der Waals surface area contributed by atoms with Crippen LogP contribution in [-0.2, 0) is 24.4 Å². The van der Waals surface area contributed by atoms with Crippen LogP contribution < -0.4 is 0 Å². The van der Waals surface area contributed by atoms with Crippen LogP contribution in [0.4, 0.5) is 4.39 Å². The molecule has 0 saturated heterocycles. The van der Waals surface area contributed by atoms with E-state index in [4.69, 9.17) is 0 Å². The molecule has 0 fully saturated rings. The Morgan fingerprint density at radius 2 is 2.04 bits per heavy atom. The number of aryl methyl sites for hydroxylation is 3. The maximum atomic E-state index is 13.5. The Morgan fingerprint density at radius 1 is 1.23 bits per heavy atom. The molecule has 0 atom stereocenters. The lowest BCUT2D eigenvalue weighted by atomic mass is 10.1. The van der Waals surface area contributed by atoms with Crippen molar-refractivity contribution in [2.24, 2.45) is 0 Å². The summed E-state index contributed by atoms with van der Waals surface area (Å²) in [5.41, 5.74) is 5.00. The number of hydrogen-bond donors (Lipinski definition) is 1. The van der Waals surface area contributed by atoms with E-state index in [2.05, 4.69) is 15.1 Å². The van der Waals surface area contributed by atoms with E-state index < -0.39 is 0 Å². The normalized spacial score (nSPS) is 13.3. The van der Waals surface area contributed by atoms with Crippen molar-refractivity contribution in [2.45, 2.75) is 40.4 Å². The molecule has 3 heterocycles. The van der Waals surface area contributed by atoms with E-state index in [9.17, 15) is 9.18 Å². The second kappa shape index (κ2) is 6.09. The van der Waals surface area contributed by atoms with Crippen molar-refractivity contribution < 1.29 is 9.18 Å². The van der Waals surface area contributed by atoms with Crippen LogP contribution >= 0.6 is 0 Å². The molecule has 0 bridgehead atoms. The molecule has 7 heteroatoms. The highest BCUT2D eigenvalue weighted by atomic mass is 19.1. The standard InChI is InChI=1S/C19H20FN5O/c1-11-6-14(4-5-15(11)20)16-7-12(2)25(23-16)10-19(26)24-8-17-18(9-24)22-13(3)21-17/h4-7H,8-10H2,1-3H3,(H,21,22). The molecule has 2 aromatic heterocycles. The second-order valence-corrected chi connectivity index (χ2v) is 6.79. The molecule has 1 aliphatic rings. The molecule has 0 aliphatic carbocycles. The molecule has 6 nitrogen and oxygen atoms in total. The van der Waals surface area contributed by atoms with Crippen LogP contribution in [0.5, 0.6) is 0 Å². The van der Waals surface area contributed by atoms with Crippen molar-refractivity contribution in [1.82, 2.24) is 24.6 Å². The lowest BCUT2D eigenvalue weighted by Crippen LogP contribution is -2.30. The number of carbonyl (C=O) groups is 1. The summed E-state index contributed by atoms with van der Waals surface area (Å²) in [6.45, 7) is 6.81. The van der Waals surface area contributed by atoms with E-state index in [1.54, 1.807) is 28.6 Å². The molecule has 26 heavy (non-hydrogen) atoms. The van der Waals surface area contributed by atoms with Gasteiger partial charge in [-0.3, -0.25) is 9.48 Å². The molecule has 4 rings (SSSR count). The number of imidazole rings is 1. The van der Waals surface area contributed by atoms with Gasteiger partial charge in [0.05, 0.1) is 30.2 Å². The molecular weight excluding hydrogens is 333 g/mol.